The maximum absolute atomic E-state index is 14.7. The lowest BCUT2D eigenvalue weighted by Gasteiger charge is -2.37. The second-order valence-corrected chi connectivity index (χ2v) is 19.0. The Morgan fingerprint density at radius 3 is 2.54 bits per heavy atom. The molecule has 348 valence electrons. The van der Waals surface area contributed by atoms with Gasteiger partial charge in [-0.3, -0.25) is 39.3 Å². The molecule has 16 heteroatoms. The third-order valence-corrected chi connectivity index (χ3v) is 12.9. The molecule has 2 aromatic carbocycles. The van der Waals surface area contributed by atoms with E-state index in [9.17, 15) is 29.1 Å². The van der Waals surface area contributed by atoms with Crippen LogP contribution in [0.4, 0.5) is 0 Å². The molecule has 65 heavy (non-hydrogen) atoms. The average molecular weight is 893 g/mol. The number of nitrogens with one attached hydrogen (secondary N) is 3. The van der Waals surface area contributed by atoms with Crippen LogP contribution in [0.15, 0.2) is 54.9 Å². The molecule has 4 aromatic rings. The predicted molar refractivity (Wildman–Crippen MR) is 246 cm³/mol. The number of hydrogen-bond acceptors (Lipinski definition) is 11. The van der Waals surface area contributed by atoms with E-state index >= 15 is 0 Å². The molecule has 4 amide bonds. The van der Waals surface area contributed by atoms with Crippen LogP contribution in [0, 0.1) is 11.3 Å². The molecule has 2 fully saturated rings. The summed E-state index contributed by atoms with van der Waals surface area (Å²) < 4.78 is 14.0. The van der Waals surface area contributed by atoms with Gasteiger partial charge < -0.3 is 34.3 Å². The Kier molecular flexibility index (Phi) is 14.0. The lowest BCUT2D eigenvalue weighted by atomic mass is 9.84. The number of fused-ring (bicyclic) bond motifs is 6. The van der Waals surface area contributed by atoms with E-state index in [0.717, 1.165) is 38.9 Å². The minimum atomic E-state index is -1.18. The lowest BCUT2D eigenvalue weighted by Crippen LogP contribution is -2.62. The second-order valence-electron chi connectivity index (χ2n) is 19.0. The van der Waals surface area contributed by atoms with E-state index in [2.05, 4.69) is 58.5 Å². The molecular weight excluding hydrogens is 829 g/mol. The number of ether oxygens (including phenoxy) is 2. The summed E-state index contributed by atoms with van der Waals surface area (Å²) in [7, 11) is 4.75. The van der Waals surface area contributed by atoms with Crippen molar-refractivity contribution in [2.75, 3.05) is 40.9 Å². The van der Waals surface area contributed by atoms with Crippen molar-refractivity contribution in [2.24, 2.45) is 11.3 Å². The van der Waals surface area contributed by atoms with Gasteiger partial charge in [0.15, 0.2) is 0 Å². The van der Waals surface area contributed by atoms with E-state index < -0.39 is 47.2 Å². The number of aryl methyl sites for hydroxylation is 1. The lowest BCUT2D eigenvalue weighted by molar-refractivity contribution is -0.155. The SMILES string of the molecule is CCn1c(-c2cnccc2COC)c2c3cc(ccc31)-c1cc(O)cc(c1)C[C@H](NC(=O)C(C(C)C)N(C)C(=O)CN(C)C(=O)[C@H]1N[C@@H]1C)C(=O)N1CCC[C@H](N1)C(=O)OCC(C)(C)C2. The Hall–Kier alpha value is -5.84. The molecule has 5 atom stereocenters. The fourth-order valence-corrected chi connectivity index (χ4v) is 9.41. The first-order valence-corrected chi connectivity index (χ1v) is 22.6. The summed E-state index contributed by atoms with van der Waals surface area (Å²) in [6.07, 6.45) is 5.10. The monoisotopic (exact) mass is 892 g/mol. The number of aromatic nitrogens is 2. The van der Waals surface area contributed by atoms with Gasteiger partial charge in [-0.1, -0.05) is 39.8 Å². The van der Waals surface area contributed by atoms with Gasteiger partial charge in [-0.2, -0.15) is 0 Å². The van der Waals surface area contributed by atoms with Crippen LogP contribution in [0.1, 0.15) is 71.1 Å². The number of carbonyl (C=O) groups is 5. The highest BCUT2D eigenvalue weighted by Gasteiger charge is 2.42. The first kappa shape index (κ1) is 47.1. The van der Waals surface area contributed by atoms with E-state index in [1.54, 1.807) is 32.5 Å². The number of phenolic OH excluding ortho intramolecular Hbond substituents is 1. The van der Waals surface area contributed by atoms with Crippen LogP contribution in [0.2, 0.25) is 0 Å². The summed E-state index contributed by atoms with van der Waals surface area (Å²) in [5.41, 5.74) is 9.68. The summed E-state index contributed by atoms with van der Waals surface area (Å²) in [6, 6.07) is 10.1. The summed E-state index contributed by atoms with van der Waals surface area (Å²) in [6.45, 7) is 13.0. The zero-order chi connectivity index (χ0) is 46.9. The smallest absolute Gasteiger partial charge is 0.324 e. The van der Waals surface area contributed by atoms with Crippen LogP contribution in [-0.4, -0.2) is 130 Å². The number of likely N-dealkylation sites (N-methyl/N-ethyl adjacent to an activating group) is 2. The molecule has 2 aromatic heterocycles. The topological polar surface area (TPSA) is 198 Å². The maximum atomic E-state index is 14.7. The van der Waals surface area contributed by atoms with Gasteiger partial charge in [-0.05, 0) is 97.2 Å². The van der Waals surface area contributed by atoms with Crippen molar-refractivity contribution in [2.45, 2.75) is 111 Å². The summed E-state index contributed by atoms with van der Waals surface area (Å²) in [4.78, 5) is 76.6. The Balaban J connectivity index is 1.29. The highest BCUT2D eigenvalue weighted by molar-refractivity contribution is 5.96. The van der Waals surface area contributed by atoms with Gasteiger partial charge >= 0.3 is 5.97 Å². The van der Waals surface area contributed by atoms with Gasteiger partial charge in [0.2, 0.25) is 17.7 Å². The number of carbonyl (C=O) groups excluding carboxylic acids is 5. The molecule has 0 saturated carbocycles. The minimum Gasteiger partial charge on any atom is -0.508 e. The highest BCUT2D eigenvalue weighted by Crippen LogP contribution is 2.41. The first-order chi connectivity index (χ1) is 30.9. The van der Waals surface area contributed by atoms with Crippen molar-refractivity contribution in [3.63, 3.8) is 0 Å². The van der Waals surface area contributed by atoms with Crippen LogP contribution >= 0.6 is 0 Å². The van der Waals surface area contributed by atoms with Crippen molar-refractivity contribution >= 4 is 40.5 Å². The van der Waals surface area contributed by atoms with Gasteiger partial charge in [-0.25, -0.2) is 5.43 Å². The molecule has 1 unspecified atom stereocenters. The fourth-order valence-electron chi connectivity index (χ4n) is 9.41. The highest BCUT2D eigenvalue weighted by atomic mass is 16.5. The number of rotatable bonds is 11. The number of pyridine rings is 1. The van der Waals surface area contributed by atoms with E-state index in [4.69, 9.17) is 9.47 Å². The largest absolute Gasteiger partial charge is 0.508 e. The van der Waals surface area contributed by atoms with Gasteiger partial charge in [0.25, 0.3) is 5.91 Å². The molecule has 3 aliphatic rings. The molecular formula is C49H64N8O8. The fraction of sp³-hybridized carbons (Fsp3) is 0.510. The van der Waals surface area contributed by atoms with E-state index in [-0.39, 0.29) is 55.8 Å². The quantitative estimate of drug-likeness (QED) is 0.125. The van der Waals surface area contributed by atoms with Crippen LogP contribution in [-0.2, 0) is 59.4 Å². The molecule has 0 spiro atoms. The first-order valence-electron chi connectivity index (χ1n) is 22.6. The van der Waals surface area contributed by atoms with E-state index in [0.29, 0.717) is 43.5 Å². The van der Waals surface area contributed by atoms with Gasteiger partial charge in [0.1, 0.15) is 29.9 Å². The number of methoxy groups -OCH3 is 1. The maximum Gasteiger partial charge on any atom is 0.324 e. The van der Waals surface area contributed by atoms with Crippen molar-refractivity contribution in [1.82, 2.24) is 40.4 Å². The molecule has 4 N–H and O–H groups in total. The Morgan fingerprint density at radius 1 is 1.09 bits per heavy atom. The van der Waals surface area contributed by atoms with Gasteiger partial charge in [-0.15, -0.1) is 0 Å². The standard InChI is InChI=1S/C49H64N8O8/c1-10-56-40-14-13-31-22-35(40)36(44(56)37-24-50-16-15-32(37)26-64-9)23-49(5,6)27-65-48(63)38-12-11-17-57(53-38)46(61)39(20-30-18-33(31)21-34(58)19-30)52-45(60)43(28(2)3)55(8)41(59)25-54(7)47(62)42-29(4)51-42/h13-16,18-19,21-22,24,28-29,38-39,42-43,51,53,58H,10-12,17,20,23,25-27H2,1-9H3,(H,52,60)/t29-,38+,39+,42+,43?/m1/s1. The number of hydrogen-bond donors (Lipinski definition) is 4. The predicted octanol–water partition coefficient (Wildman–Crippen LogP) is 4.19. The van der Waals surface area contributed by atoms with Crippen LogP contribution < -0.4 is 16.1 Å². The normalized spacial score (nSPS) is 21.4. The molecule has 6 bridgehead atoms. The summed E-state index contributed by atoms with van der Waals surface area (Å²) in [5.74, 6) is -2.57. The van der Waals surface area contributed by atoms with E-state index in [1.807, 2.05) is 45.2 Å². The summed E-state index contributed by atoms with van der Waals surface area (Å²) in [5, 5.41) is 19.7. The Labute approximate surface area is 381 Å². The molecule has 5 heterocycles. The molecule has 7 rings (SSSR count). The van der Waals surface area contributed by atoms with Gasteiger partial charge in [0, 0.05) is 81.0 Å². The van der Waals surface area contributed by atoms with Crippen LogP contribution in [0.3, 0.4) is 0 Å². The minimum absolute atomic E-state index is 0.0176. The third-order valence-electron chi connectivity index (χ3n) is 12.9. The number of benzene rings is 2. The zero-order valence-corrected chi connectivity index (χ0v) is 39.1. The zero-order valence-electron chi connectivity index (χ0n) is 39.1. The molecule has 16 nitrogen and oxygen atoms in total. The Morgan fingerprint density at radius 2 is 1.85 bits per heavy atom. The third kappa shape index (κ3) is 10.2. The molecule has 2 saturated heterocycles. The number of esters is 1. The molecule has 3 aliphatic heterocycles. The number of aromatic hydroxyl groups is 1. The van der Waals surface area contributed by atoms with Crippen molar-refractivity contribution in [1.29, 1.82) is 0 Å². The van der Waals surface area contributed by atoms with Crippen molar-refractivity contribution < 1.29 is 38.6 Å². The number of nitrogens with zero attached hydrogens (tertiary/aromatic N) is 5. The van der Waals surface area contributed by atoms with Crippen LogP contribution in [0.25, 0.3) is 33.3 Å². The number of phenols is 1. The summed E-state index contributed by atoms with van der Waals surface area (Å²) >= 11 is 0. The second kappa shape index (κ2) is 19.3. The van der Waals surface area contributed by atoms with Gasteiger partial charge in [0.05, 0.1) is 25.5 Å². The molecule has 0 aliphatic carbocycles. The average Bonchev–Trinajstić information content (AvgIpc) is 3.93. The van der Waals surface area contributed by atoms with Crippen molar-refractivity contribution in [3.05, 3.63) is 71.5 Å². The molecule has 0 radical (unpaired) electrons. The number of cyclic esters (lactones) is 1. The Bertz CT molecular complexity index is 2470. The number of hydrazine groups is 1. The van der Waals surface area contributed by atoms with Crippen molar-refractivity contribution in [3.8, 4) is 28.1 Å². The van der Waals surface area contributed by atoms with E-state index in [1.165, 1.54) is 21.9 Å². The van der Waals surface area contributed by atoms with Crippen LogP contribution in [0.5, 0.6) is 5.75 Å². The number of amides is 4.